The van der Waals surface area contributed by atoms with Crippen LogP contribution in [0.1, 0.15) is 24.5 Å². The van der Waals surface area contributed by atoms with Gasteiger partial charge in [-0.2, -0.15) is 0 Å². The average molecular weight is 311 g/mol. The highest BCUT2D eigenvalue weighted by Gasteiger charge is 2.38. The third-order valence-electron chi connectivity index (χ3n) is 4.05. The van der Waals surface area contributed by atoms with Crippen LogP contribution in [0, 0.1) is 0 Å². The number of ether oxygens (including phenoxy) is 1. The summed E-state index contributed by atoms with van der Waals surface area (Å²) in [6.07, 6.45) is 0.224. The summed E-state index contributed by atoms with van der Waals surface area (Å²) in [5, 5.41) is 1.46. The van der Waals surface area contributed by atoms with Gasteiger partial charge in [-0.15, -0.1) is 0 Å². The first kappa shape index (κ1) is 15.7. The summed E-state index contributed by atoms with van der Waals surface area (Å²) in [5.74, 6) is -0.0218. The van der Waals surface area contributed by atoms with Gasteiger partial charge in [0.15, 0.2) is 0 Å². The van der Waals surface area contributed by atoms with Gasteiger partial charge in [0.25, 0.3) is 0 Å². The topological polar surface area (TPSA) is 38.8 Å². The summed E-state index contributed by atoms with van der Waals surface area (Å²) in [6.45, 7) is 2.86. The average Bonchev–Trinajstić information content (AvgIpc) is 2.87. The van der Waals surface area contributed by atoms with Gasteiger partial charge in [-0.05, 0) is 18.1 Å². The van der Waals surface area contributed by atoms with Crippen molar-refractivity contribution in [3.05, 3.63) is 71.8 Å². The van der Waals surface area contributed by atoms with E-state index in [4.69, 9.17) is 9.57 Å². The predicted molar refractivity (Wildman–Crippen MR) is 87.2 cm³/mol. The normalized spacial score (nSPS) is 20.9. The Balaban J connectivity index is 1.53. The molecule has 0 unspecified atom stereocenters. The van der Waals surface area contributed by atoms with Crippen LogP contribution in [0.3, 0.4) is 0 Å². The Labute approximate surface area is 136 Å². The number of benzene rings is 2. The van der Waals surface area contributed by atoms with Gasteiger partial charge in [-0.1, -0.05) is 60.7 Å². The minimum absolute atomic E-state index is 0.0218. The van der Waals surface area contributed by atoms with Crippen molar-refractivity contribution in [2.45, 2.75) is 38.7 Å². The fourth-order valence-corrected chi connectivity index (χ4v) is 2.69. The van der Waals surface area contributed by atoms with E-state index in [1.165, 1.54) is 5.06 Å². The zero-order chi connectivity index (χ0) is 16.1. The number of hydrogen-bond donors (Lipinski definition) is 0. The van der Waals surface area contributed by atoms with Crippen LogP contribution in [0.4, 0.5) is 0 Å². The van der Waals surface area contributed by atoms with E-state index in [-0.39, 0.29) is 18.1 Å². The lowest BCUT2D eigenvalue weighted by Crippen LogP contribution is -2.35. The molecule has 23 heavy (non-hydrogen) atoms. The lowest BCUT2D eigenvalue weighted by Gasteiger charge is -2.23. The largest absolute Gasteiger partial charge is 0.371 e. The number of hydrogen-bond acceptors (Lipinski definition) is 3. The molecule has 2 aromatic rings. The molecule has 0 radical (unpaired) electrons. The van der Waals surface area contributed by atoms with Crippen molar-refractivity contribution in [2.75, 3.05) is 0 Å². The zero-order valence-electron chi connectivity index (χ0n) is 13.2. The molecule has 2 aromatic carbocycles. The molecule has 0 saturated carbocycles. The van der Waals surface area contributed by atoms with Crippen LogP contribution >= 0.6 is 0 Å². The third-order valence-corrected chi connectivity index (χ3v) is 4.05. The molecule has 1 saturated heterocycles. The first-order valence-electron chi connectivity index (χ1n) is 7.88. The molecular formula is C19H21NO3. The van der Waals surface area contributed by atoms with Gasteiger partial charge < -0.3 is 4.74 Å². The molecule has 2 atom stereocenters. The second-order valence-electron chi connectivity index (χ2n) is 5.76. The molecule has 1 aliphatic heterocycles. The molecule has 0 aliphatic carbocycles. The van der Waals surface area contributed by atoms with E-state index in [2.05, 4.69) is 0 Å². The predicted octanol–water partition coefficient (Wildman–Crippen LogP) is 3.32. The Morgan fingerprint density at radius 3 is 2.13 bits per heavy atom. The number of nitrogens with zero attached hydrogens (tertiary/aromatic N) is 1. The van der Waals surface area contributed by atoms with E-state index >= 15 is 0 Å². The molecule has 3 rings (SSSR count). The number of carbonyl (C=O) groups excluding carboxylic acids is 1. The van der Waals surface area contributed by atoms with Crippen LogP contribution in [0.2, 0.25) is 0 Å². The maximum absolute atomic E-state index is 12.1. The first-order valence-corrected chi connectivity index (χ1v) is 7.88. The molecule has 4 nitrogen and oxygen atoms in total. The lowest BCUT2D eigenvalue weighted by atomic mass is 10.2. The zero-order valence-corrected chi connectivity index (χ0v) is 13.2. The highest BCUT2D eigenvalue weighted by atomic mass is 16.7. The van der Waals surface area contributed by atoms with Crippen LogP contribution in [0.15, 0.2) is 60.7 Å². The van der Waals surface area contributed by atoms with Gasteiger partial charge in [0, 0.05) is 0 Å². The second-order valence-corrected chi connectivity index (χ2v) is 5.76. The Morgan fingerprint density at radius 2 is 1.52 bits per heavy atom. The number of carbonyl (C=O) groups is 1. The van der Waals surface area contributed by atoms with E-state index < -0.39 is 0 Å². The van der Waals surface area contributed by atoms with E-state index in [0.717, 1.165) is 11.1 Å². The fraction of sp³-hybridized carbons (Fsp3) is 0.316. The van der Waals surface area contributed by atoms with E-state index in [1.54, 1.807) is 0 Å². The summed E-state index contributed by atoms with van der Waals surface area (Å²) in [4.78, 5) is 17.8. The van der Waals surface area contributed by atoms with E-state index in [9.17, 15) is 4.79 Å². The molecule has 1 heterocycles. The van der Waals surface area contributed by atoms with Crippen molar-refractivity contribution >= 4 is 5.91 Å². The lowest BCUT2D eigenvalue weighted by molar-refractivity contribution is -0.198. The number of amides is 1. The van der Waals surface area contributed by atoms with Crippen molar-refractivity contribution < 1.29 is 14.4 Å². The van der Waals surface area contributed by atoms with Crippen molar-refractivity contribution in [3.8, 4) is 0 Å². The minimum Gasteiger partial charge on any atom is -0.371 e. The van der Waals surface area contributed by atoms with Gasteiger partial charge >= 0.3 is 0 Å². The monoisotopic (exact) mass is 311 g/mol. The molecule has 4 heteroatoms. The first-order chi connectivity index (χ1) is 11.2. The molecule has 1 aliphatic rings. The molecular weight excluding hydrogens is 290 g/mol. The summed E-state index contributed by atoms with van der Waals surface area (Å²) in [6, 6.07) is 19.7. The molecule has 0 aromatic heterocycles. The van der Waals surface area contributed by atoms with Crippen LogP contribution in [-0.4, -0.2) is 23.1 Å². The minimum atomic E-state index is -0.140. The van der Waals surface area contributed by atoms with Crippen molar-refractivity contribution in [2.24, 2.45) is 0 Å². The summed E-state index contributed by atoms with van der Waals surface area (Å²) in [7, 11) is 0. The third kappa shape index (κ3) is 3.97. The smallest absolute Gasteiger partial charge is 0.249 e. The maximum atomic E-state index is 12.1. The molecule has 1 amide bonds. The second kappa shape index (κ2) is 7.40. The molecule has 0 N–H and O–H groups in total. The molecule has 1 fully saturated rings. The summed E-state index contributed by atoms with van der Waals surface area (Å²) < 4.78 is 5.91. The fourth-order valence-electron chi connectivity index (χ4n) is 2.69. The quantitative estimate of drug-likeness (QED) is 0.821. The Bertz CT molecular complexity index is 630. The summed E-state index contributed by atoms with van der Waals surface area (Å²) >= 11 is 0. The van der Waals surface area contributed by atoms with E-state index in [1.807, 2.05) is 67.6 Å². The SMILES string of the molecule is C[C@H]1[C@H](OCc2ccccc2)CC(=O)N1OCc1ccccc1. The van der Waals surface area contributed by atoms with Gasteiger partial charge in [0.05, 0.1) is 25.2 Å². The van der Waals surface area contributed by atoms with Crippen molar-refractivity contribution in [1.82, 2.24) is 5.06 Å². The van der Waals surface area contributed by atoms with Crippen LogP contribution in [0.5, 0.6) is 0 Å². The summed E-state index contributed by atoms with van der Waals surface area (Å²) in [5.41, 5.74) is 2.15. The standard InChI is InChI=1S/C19H21NO3/c1-15-18(22-13-16-8-4-2-5-9-16)12-19(21)20(15)23-14-17-10-6-3-7-11-17/h2-11,15,18H,12-14H2,1H3/t15-,18+/m0/s1. The van der Waals surface area contributed by atoms with Gasteiger partial charge in [0.2, 0.25) is 5.91 Å². The molecule has 120 valence electrons. The number of hydroxylamine groups is 2. The van der Waals surface area contributed by atoms with Crippen LogP contribution in [0.25, 0.3) is 0 Å². The van der Waals surface area contributed by atoms with Crippen molar-refractivity contribution in [3.63, 3.8) is 0 Å². The van der Waals surface area contributed by atoms with Gasteiger partial charge in [-0.25, -0.2) is 5.06 Å². The van der Waals surface area contributed by atoms with Crippen LogP contribution in [-0.2, 0) is 27.6 Å². The Morgan fingerprint density at radius 1 is 0.957 bits per heavy atom. The molecule has 0 spiro atoms. The maximum Gasteiger partial charge on any atom is 0.249 e. The highest BCUT2D eigenvalue weighted by molar-refractivity contribution is 5.78. The Kier molecular flexibility index (Phi) is 5.05. The van der Waals surface area contributed by atoms with Crippen LogP contribution < -0.4 is 0 Å². The van der Waals surface area contributed by atoms with Crippen molar-refractivity contribution in [1.29, 1.82) is 0 Å². The number of rotatable bonds is 6. The van der Waals surface area contributed by atoms with E-state index in [0.29, 0.717) is 19.6 Å². The van der Waals surface area contributed by atoms with Gasteiger partial charge in [0.1, 0.15) is 6.61 Å². The molecule has 0 bridgehead atoms. The highest BCUT2D eigenvalue weighted by Crippen LogP contribution is 2.24. The Hall–Kier alpha value is -2.17. The van der Waals surface area contributed by atoms with Gasteiger partial charge in [-0.3, -0.25) is 9.63 Å².